The Morgan fingerprint density at radius 1 is 0.844 bits per heavy atom. The summed E-state index contributed by atoms with van der Waals surface area (Å²) in [4.78, 5) is 4.73. The van der Waals surface area contributed by atoms with Gasteiger partial charge in [-0.15, -0.1) is 0 Å². The molecule has 3 aromatic rings. The molecule has 164 valence electrons. The van der Waals surface area contributed by atoms with Crippen molar-refractivity contribution in [3.8, 4) is 23.0 Å². The molecule has 0 saturated heterocycles. The van der Waals surface area contributed by atoms with E-state index in [1.165, 1.54) is 5.56 Å². The van der Waals surface area contributed by atoms with Gasteiger partial charge in [0.2, 0.25) is 5.75 Å². The maximum Gasteiger partial charge on any atom is 0.203 e. The molecule has 0 amide bonds. The summed E-state index contributed by atoms with van der Waals surface area (Å²) in [7, 11) is 4.83. The van der Waals surface area contributed by atoms with Gasteiger partial charge in [-0.3, -0.25) is 4.99 Å². The second-order valence-corrected chi connectivity index (χ2v) is 7.40. The highest BCUT2D eigenvalue weighted by Crippen LogP contribution is 2.38. The van der Waals surface area contributed by atoms with Gasteiger partial charge in [0.05, 0.1) is 27.0 Å². The lowest BCUT2D eigenvalue weighted by molar-refractivity contribution is 0.306. The number of methoxy groups -OCH3 is 3. The Morgan fingerprint density at radius 2 is 1.59 bits per heavy atom. The zero-order valence-corrected chi connectivity index (χ0v) is 18.6. The van der Waals surface area contributed by atoms with Gasteiger partial charge in [0, 0.05) is 12.1 Å². The number of fused-ring (bicyclic) bond motifs is 1. The smallest absolute Gasteiger partial charge is 0.203 e. The second-order valence-electron chi connectivity index (χ2n) is 7.40. The third kappa shape index (κ3) is 4.78. The summed E-state index contributed by atoms with van der Waals surface area (Å²) in [5.41, 5.74) is 5.43. The van der Waals surface area contributed by atoms with Crippen LogP contribution in [0.25, 0.3) is 6.08 Å². The Morgan fingerprint density at radius 3 is 2.28 bits per heavy atom. The maximum atomic E-state index is 6.00. The SMILES string of the molecule is COc1cc(C=CC2=NCCc3cc(OCc4ccccc4)ccc32)cc(OC)c1OC. The Labute approximate surface area is 188 Å². The third-order valence-electron chi connectivity index (χ3n) is 5.38. The summed E-state index contributed by atoms with van der Waals surface area (Å²) >= 11 is 0. The van der Waals surface area contributed by atoms with E-state index in [9.17, 15) is 0 Å². The van der Waals surface area contributed by atoms with E-state index in [4.69, 9.17) is 23.9 Å². The number of nitrogens with zero attached hydrogens (tertiary/aromatic N) is 1. The Bertz CT molecular complexity index is 1110. The van der Waals surface area contributed by atoms with Gasteiger partial charge in [0.1, 0.15) is 12.4 Å². The van der Waals surface area contributed by atoms with Crippen molar-refractivity contribution in [2.24, 2.45) is 4.99 Å². The van der Waals surface area contributed by atoms with E-state index in [0.717, 1.165) is 41.1 Å². The van der Waals surface area contributed by atoms with Crippen molar-refractivity contribution >= 4 is 11.8 Å². The lowest BCUT2D eigenvalue weighted by Crippen LogP contribution is -2.11. The topological polar surface area (TPSA) is 49.3 Å². The normalized spacial score (nSPS) is 12.8. The van der Waals surface area contributed by atoms with Crippen LogP contribution in [-0.4, -0.2) is 33.6 Å². The van der Waals surface area contributed by atoms with E-state index < -0.39 is 0 Å². The Balaban J connectivity index is 1.53. The van der Waals surface area contributed by atoms with E-state index in [0.29, 0.717) is 23.9 Å². The quantitative estimate of drug-likeness (QED) is 0.484. The Kier molecular flexibility index (Phi) is 6.75. The molecule has 1 aliphatic heterocycles. The van der Waals surface area contributed by atoms with Crippen molar-refractivity contribution in [2.75, 3.05) is 27.9 Å². The molecule has 1 heterocycles. The highest BCUT2D eigenvalue weighted by molar-refractivity contribution is 6.12. The van der Waals surface area contributed by atoms with Crippen LogP contribution in [0.4, 0.5) is 0 Å². The minimum atomic E-state index is 0.557. The van der Waals surface area contributed by atoms with Gasteiger partial charge >= 0.3 is 0 Å². The molecule has 0 unspecified atom stereocenters. The molecule has 4 rings (SSSR count). The number of ether oxygens (including phenoxy) is 4. The zero-order chi connectivity index (χ0) is 22.3. The van der Waals surface area contributed by atoms with Gasteiger partial charge < -0.3 is 18.9 Å². The van der Waals surface area contributed by atoms with Crippen LogP contribution >= 0.6 is 0 Å². The van der Waals surface area contributed by atoms with Crippen LogP contribution in [0.1, 0.15) is 22.3 Å². The molecule has 5 nitrogen and oxygen atoms in total. The first-order chi connectivity index (χ1) is 15.7. The van der Waals surface area contributed by atoms with E-state index in [1.54, 1.807) is 21.3 Å². The third-order valence-corrected chi connectivity index (χ3v) is 5.38. The Hall–Kier alpha value is -3.73. The maximum absolute atomic E-state index is 6.00. The summed E-state index contributed by atoms with van der Waals surface area (Å²) in [5.74, 6) is 2.70. The summed E-state index contributed by atoms with van der Waals surface area (Å²) in [5, 5.41) is 0. The number of rotatable bonds is 8. The molecule has 0 atom stereocenters. The minimum absolute atomic E-state index is 0.557. The van der Waals surface area contributed by atoms with Crippen molar-refractivity contribution in [1.82, 2.24) is 0 Å². The average molecular weight is 430 g/mol. The van der Waals surface area contributed by atoms with Gasteiger partial charge in [-0.2, -0.15) is 0 Å². The molecule has 0 aromatic heterocycles. The van der Waals surface area contributed by atoms with Crippen LogP contribution in [0.5, 0.6) is 23.0 Å². The van der Waals surface area contributed by atoms with E-state index in [1.807, 2.05) is 48.6 Å². The molecule has 1 aliphatic rings. The fourth-order valence-electron chi connectivity index (χ4n) is 3.75. The summed E-state index contributed by atoms with van der Waals surface area (Å²) in [6.45, 7) is 1.31. The molecule has 0 radical (unpaired) electrons. The van der Waals surface area contributed by atoms with E-state index in [2.05, 4.69) is 24.3 Å². The number of aliphatic imine (C=N–C) groups is 1. The van der Waals surface area contributed by atoms with Crippen LogP contribution in [0.2, 0.25) is 0 Å². The summed E-state index contributed by atoms with van der Waals surface area (Å²) in [6, 6.07) is 20.3. The first-order valence-corrected chi connectivity index (χ1v) is 10.5. The monoisotopic (exact) mass is 429 g/mol. The molecule has 32 heavy (non-hydrogen) atoms. The minimum Gasteiger partial charge on any atom is -0.493 e. The van der Waals surface area contributed by atoms with E-state index in [-0.39, 0.29) is 0 Å². The first-order valence-electron chi connectivity index (χ1n) is 10.5. The standard InChI is InChI=1S/C27H27NO4/c1-29-25-15-20(16-26(30-2)27(25)31-3)9-12-24-23-11-10-22(17-21(23)13-14-28-24)32-18-19-7-5-4-6-8-19/h4-12,15-17H,13-14,18H2,1-3H3. The number of allylic oxidation sites excluding steroid dienone is 1. The molecular weight excluding hydrogens is 402 g/mol. The fourth-order valence-corrected chi connectivity index (χ4v) is 3.75. The molecule has 3 aromatic carbocycles. The highest BCUT2D eigenvalue weighted by Gasteiger charge is 2.15. The van der Waals surface area contributed by atoms with Gasteiger partial charge in [-0.05, 0) is 59.5 Å². The molecule has 0 aliphatic carbocycles. The number of benzene rings is 3. The lowest BCUT2D eigenvalue weighted by atomic mass is 9.96. The summed E-state index contributed by atoms with van der Waals surface area (Å²) < 4.78 is 22.3. The molecule has 0 fully saturated rings. The van der Waals surface area contributed by atoms with Gasteiger partial charge in [0.15, 0.2) is 11.5 Å². The van der Waals surface area contributed by atoms with Crippen LogP contribution in [0, 0.1) is 0 Å². The van der Waals surface area contributed by atoms with Gasteiger partial charge in [-0.25, -0.2) is 0 Å². The largest absolute Gasteiger partial charge is 0.493 e. The number of hydrogen-bond acceptors (Lipinski definition) is 5. The first kappa shape index (κ1) is 21.5. The molecule has 0 spiro atoms. The van der Waals surface area contributed by atoms with Crippen LogP contribution in [0.3, 0.4) is 0 Å². The van der Waals surface area contributed by atoms with Gasteiger partial charge in [0.25, 0.3) is 0 Å². The summed E-state index contributed by atoms with van der Waals surface area (Å²) in [6.07, 6.45) is 4.95. The predicted octanol–water partition coefficient (Wildman–Crippen LogP) is 5.35. The van der Waals surface area contributed by atoms with Crippen LogP contribution in [0.15, 0.2) is 71.7 Å². The average Bonchev–Trinajstić information content (AvgIpc) is 2.85. The van der Waals surface area contributed by atoms with Crippen LogP contribution in [-0.2, 0) is 13.0 Å². The van der Waals surface area contributed by atoms with Crippen molar-refractivity contribution < 1.29 is 18.9 Å². The van der Waals surface area contributed by atoms with Crippen molar-refractivity contribution in [1.29, 1.82) is 0 Å². The van der Waals surface area contributed by atoms with Crippen molar-refractivity contribution in [3.63, 3.8) is 0 Å². The highest BCUT2D eigenvalue weighted by atomic mass is 16.5. The van der Waals surface area contributed by atoms with Crippen molar-refractivity contribution in [2.45, 2.75) is 13.0 Å². The predicted molar refractivity (Wildman–Crippen MR) is 127 cm³/mol. The molecule has 0 saturated carbocycles. The second kappa shape index (κ2) is 10.1. The van der Waals surface area contributed by atoms with Crippen molar-refractivity contribution in [3.05, 3.63) is 89.0 Å². The fraction of sp³-hybridized carbons (Fsp3) is 0.222. The lowest BCUT2D eigenvalue weighted by Gasteiger charge is -2.17. The number of hydrogen-bond donors (Lipinski definition) is 0. The molecule has 5 heteroatoms. The molecule has 0 N–H and O–H groups in total. The zero-order valence-electron chi connectivity index (χ0n) is 18.6. The van der Waals surface area contributed by atoms with Gasteiger partial charge in [-0.1, -0.05) is 36.4 Å². The molecular formula is C27H27NO4. The molecule has 0 bridgehead atoms. The van der Waals surface area contributed by atoms with E-state index >= 15 is 0 Å². The van der Waals surface area contributed by atoms with Crippen LogP contribution < -0.4 is 18.9 Å².